The highest BCUT2D eigenvalue weighted by molar-refractivity contribution is 6.30. The molecule has 2 atom stereocenters. The Bertz CT molecular complexity index is 456. The standard InChI is InChI=1S/C17H25ClN2O.2ClH.H2O/c1-13-11-20(16-6-8-19-9-7-16)17(12-21-13)10-14-2-4-15(18)5-3-14;;;/h2-5,13,16-17,19H,6-12H2,1H3;2*1H;1H2/t13-,17-;;;/m0.../s1. The zero-order valence-electron chi connectivity index (χ0n) is 14.0. The molecule has 140 valence electrons. The lowest BCUT2D eigenvalue weighted by atomic mass is 9.97. The van der Waals surface area contributed by atoms with E-state index in [0.717, 1.165) is 37.7 Å². The average Bonchev–Trinajstić information content (AvgIpc) is 2.52. The number of piperidine rings is 1. The summed E-state index contributed by atoms with van der Waals surface area (Å²) in [5.74, 6) is 0. The summed E-state index contributed by atoms with van der Waals surface area (Å²) in [5, 5.41) is 4.27. The maximum Gasteiger partial charge on any atom is 0.0674 e. The Morgan fingerprint density at radius 3 is 2.42 bits per heavy atom. The van der Waals surface area contributed by atoms with Crippen LogP contribution in [0.3, 0.4) is 0 Å². The van der Waals surface area contributed by atoms with Crippen LogP contribution in [0.4, 0.5) is 0 Å². The van der Waals surface area contributed by atoms with E-state index in [2.05, 4.69) is 29.3 Å². The minimum absolute atomic E-state index is 0. The van der Waals surface area contributed by atoms with Gasteiger partial charge in [0.25, 0.3) is 0 Å². The number of nitrogens with zero attached hydrogens (tertiary/aromatic N) is 1. The van der Waals surface area contributed by atoms with Crippen LogP contribution in [-0.4, -0.2) is 54.8 Å². The second-order valence-corrected chi connectivity index (χ2v) is 6.74. The van der Waals surface area contributed by atoms with Gasteiger partial charge in [-0.05, 0) is 57.0 Å². The summed E-state index contributed by atoms with van der Waals surface area (Å²) in [6.45, 7) is 6.37. The highest BCUT2D eigenvalue weighted by Crippen LogP contribution is 2.23. The zero-order chi connectivity index (χ0) is 14.7. The second-order valence-electron chi connectivity index (χ2n) is 6.31. The van der Waals surface area contributed by atoms with E-state index in [0.29, 0.717) is 18.2 Å². The third kappa shape index (κ3) is 6.34. The van der Waals surface area contributed by atoms with Gasteiger partial charge in [0, 0.05) is 23.7 Å². The molecule has 2 heterocycles. The second kappa shape index (κ2) is 11.5. The number of benzene rings is 1. The lowest BCUT2D eigenvalue weighted by Crippen LogP contribution is -2.56. The number of rotatable bonds is 3. The van der Waals surface area contributed by atoms with E-state index >= 15 is 0 Å². The van der Waals surface area contributed by atoms with Gasteiger partial charge in [0.15, 0.2) is 0 Å². The Kier molecular flexibility index (Phi) is 11.5. The van der Waals surface area contributed by atoms with Crippen LogP contribution < -0.4 is 5.32 Å². The molecule has 0 aromatic heterocycles. The van der Waals surface area contributed by atoms with Crippen LogP contribution in [0.2, 0.25) is 5.02 Å². The van der Waals surface area contributed by atoms with Gasteiger partial charge in [0.05, 0.1) is 12.7 Å². The van der Waals surface area contributed by atoms with Crippen LogP contribution in [0.5, 0.6) is 0 Å². The van der Waals surface area contributed by atoms with Crippen molar-refractivity contribution in [2.45, 2.75) is 44.4 Å². The molecule has 1 aromatic rings. The van der Waals surface area contributed by atoms with Crippen molar-refractivity contribution in [3.8, 4) is 0 Å². The molecule has 24 heavy (non-hydrogen) atoms. The molecule has 0 spiro atoms. The first-order valence-corrected chi connectivity index (χ1v) is 8.42. The summed E-state index contributed by atoms with van der Waals surface area (Å²) >= 11 is 5.98. The van der Waals surface area contributed by atoms with E-state index in [1.54, 1.807) is 0 Å². The molecule has 0 unspecified atom stereocenters. The number of halogens is 3. The molecule has 0 amide bonds. The molecule has 2 saturated heterocycles. The molecule has 2 aliphatic heterocycles. The van der Waals surface area contributed by atoms with Gasteiger partial charge in [0.1, 0.15) is 0 Å². The molecular weight excluding hydrogens is 371 g/mol. The fourth-order valence-corrected chi connectivity index (χ4v) is 3.65. The van der Waals surface area contributed by atoms with Crippen molar-refractivity contribution >= 4 is 36.4 Å². The van der Waals surface area contributed by atoms with E-state index < -0.39 is 0 Å². The summed E-state index contributed by atoms with van der Waals surface area (Å²) < 4.78 is 5.92. The fourth-order valence-electron chi connectivity index (χ4n) is 3.52. The molecule has 1 aromatic carbocycles. The summed E-state index contributed by atoms with van der Waals surface area (Å²) in [7, 11) is 0. The lowest BCUT2D eigenvalue weighted by Gasteiger charge is -2.45. The topological polar surface area (TPSA) is 56.0 Å². The first kappa shape index (κ1) is 23.9. The molecule has 3 rings (SSSR count). The lowest BCUT2D eigenvalue weighted by molar-refractivity contribution is -0.0752. The molecule has 2 aliphatic rings. The number of ether oxygens (including phenoxy) is 1. The molecule has 0 aliphatic carbocycles. The van der Waals surface area contributed by atoms with Gasteiger partial charge in [0.2, 0.25) is 0 Å². The predicted octanol–water partition coefficient (Wildman–Crippen LogP) is 2.74. The Hall–Kier alpha value is -0.0700. The van der Waals surface area contributed by atoms with Crippen molar-refractivity contribution in [1.29, 1.82) is 0 Å². The third-order valence-corrected chi connectivity index (χ3v) is 4.92. The highest BCUT2D eigenvalue weighted by Gasteiger charge is 2.32. The molecule has 4 nitrogen and oxygen atoms in total. The number of morpholine rings is 1. The largest absolute Gasteiger partial charge is 0.412 e. The van der Waals surface area contributed by atoms with Gasteiger partial charge < -0.3 is 15.5 Å². The van der Waals surface area contributed by atoms with Gasteiger partial charge in [-0.2, -0.15) is 0 Å². The molecule has 0 bridgehead atoms. The van der Waals surface area contributed by atoms with Crippen molar-refractivity contribution in [2.75, 3.05) is 26.2 Å². The van der Waals surface area contributed by atoms with Crippen molar-refractivity contribution in [2.24, 2.45) is 0 Å². The summed E-state index contributed by atoms with van der Waals surface area (Å²) in [6.07, 6.45) is 3.91. The molecular formula is C17H29Cl3N2O2. The quantitative estimate of drug-likeness (QED) is 0.850. The first-order chi connectivity index (χ1) is 10.2. The first-order valence-electron chi connectivity index (χ1n) is 8.05. The normalized spacial score (nSPS) is 25.1. The summed E-state index contributed by atoms with van der Waals surface area (Å²) in [5.41, 5.74) is 1.35. The summed E-state index contributed by atoms with van der Waals surface area (Å²) in [4.78, 5) is 2.70. The minimum atomic E-state index is 0. The summed E-state index contributed by atoms with van der Waals surface area (Å²) in [6, 6.07) is 9.44. The van der Waals surface area contributed by atoms with E-state index in [9.17, 15) is 0 Å². The maximum absolute atomic E-state index is 5.98. The minimum Gasteiger partial charge on any atom is -0.412 e. The van der Waals surface area contributed by atoms with E-state index in [-0.39, 0.29) is 30.3 Å². The molecule has 0 radical (unpaired) electrons. The molecule has 0 saturated carbocycles. The van der Waals surface area contributed by atoms with E-state index in [1.807, 2.05) is 12.1 Å². The van der Waals surface area contributed by atoms with Crippen LogP contribution in [0.1, 0.15) is 25.3 Å². The van der Waals surface area contributed by atoms with Crippen LogP contribution in [0, 0.1) is 0 Å². The Labute approximate surface area is 162 Å². The number of hydrogen-bond acceptors (Lipinski definition) is 3. The van der Waals surface area contributed by atoms with Crippen LogP contribution >= 0.6 is 36.4 Å². The SMILES string of the molecule is C[C@H]1CN(C2CCNCC2)[C@@H](Cc2ccc(Cl)cc2)CO1.Cl.Cl.O. The third-order valence-electron chi connectivity index (χ3n) is 4.67. The van der Waals surface area contributed by atoms with Gasteiger partial charge in [-0.1, -0.05) is 23.7 Å². The maximum atomic E-state index is 5.98. The van der Waals surface area contributed by atoms with Crippen molar-refractivity contribution in [3.05, 3.63) is 34.9 Å². The van der Waals surface area contributed by atoms with Gasteiger partial charge in [-0.3, -0.25) is 4.90 Å². The van der Waals surface area contributed by atoms with Gasteiger partial charge >= 0.3 is 0 Å². The van der Waals surface area contributed by atoms with Crippen molar-refractivity contribution in [3.63, 3.8) is 0 Å². The highest BCUT2D eigenvalue weighted by atomic mass is 35.5. The van der Waals surface area contributed by atoms with Gasteiger partial charge in [-0.15, -0.1) is 24.8 Å². The van der Waals surface area contributed by atoms with E-state index in [1.165, 1.54) is 18.4 Å². The van der Waals surface area contributed by atoms with E-state index in [4.69, 9.17) is 16.3 Å². The monoisotopic (exact) mass is 398 g/mol. The van der Waals surface area contributed by atoms with Crippen LogP contribution in [-0.2, 0) is 11.2 Å². The fraction of sp³-hybridized carbons (Fsp3) is 0.647. The molecule has 3 N–H and O–H groups in total. The van der Waals surface area contributed by atoms with Crippen LogP contribution in [0.25, 0.3) is 0 Å². The van der Waals surface area contributed by atoms with Crippen molar-refractivity contribution in [1.82, 2.24) is 10.2 Å². The van der Waals surface area contributed by atoms with Gasteiger partial charge in [-0.25, -0.2) is 0 Å². The molecule has 7 heteroatoms. The smallest absolute Gasteiger partial charge is 0.0674 e. The molecule has 2 fully saturated rings. The Morgan fingerprint density at radius 1 is 1.17 bits per heavy atom. The number of hydrogen-bond donors (Lipinski definition) is 1. The van der Waals surface area contributed by atoms with Crippen LogP contribution in [0.15, 0.2) is 24.3 Å². The zero-order valence-corrected chi connectivity index (χ0v) is 16.4. The Balaban J connectivity index is 0.00000176. The Morgan fingerprint density at radius 2 is 1.79 bits per heavy atom. The van der Waals surface area contributed by atoms with Crippen molar-refractivity contribution < 1.29 is 10.2 Å². The average molecular weight is 400 g/mol. The number of nitrogens with one attached hydrogen (secondary N) is 1. The predicted molar refractivity (Wildman–Crippen MR) is 105 cm³/mol.